The highest BCUT2D eigenvalue weighted by Crippen LogP contribution is 2.31. The second-order valence-corrected chi connectivity index (χ2v) is 6.80. The Morgan fingerprint density at radius 2 is 1.75 bits per heavy atom. The van der Waals surface area contributed by atoms with Gasteiger partial charge in [0.2, 0.25) is 0 Å². The number of halogens is 3. The summed E-state index contributed by atoms with van der Waals surface area (Å²) in [7, 11) is 3.88. The first-order valence-corrected chi connectivity index (χ1v) is 9.02. The summed E-state index contributed by atoms with van der Waals surface area (Å²) in [4.78, 5) is 16.9. The predicted molar refractivity (Wildman–Crippen MR) is 105 cm³/mol. The highest BCUT2D eigenvalue weighted by molar-refractivity contribution is 6.04. The molecule has 1 aliphatic rings. The van der Waals surface area contributed by atoms with E-state index in [9.17, 15) is 18.0 Å². The van der Waals surface area contributed by atoms with Crippen LogP contribution in [0.25, 0.3) is 0 Å². The minimum absolute atomic E-state index is 0.0380. The molecule has 2 N–H and O–H groups in total. The fourth-order valence-corrected chi connectivity index (χ4v) is 3.18. The number of nitrogens with one attached hydrogen (secondary N) is 2. The van der Waals surface area contributed by atoms with Crippen molar-refractivity contribution in [2.45, 2.75) is 6.18 Å². The van der Waals surface area contributed by atoms with Crippen LogP contribution in [0.4, 0.5) is 30.2 Å². The third kappa shape index (κ3) is 4.56. The van der Waals surface area contributed by atoms with E-state index in [2.05, 4.69) is 27.5 Å². The maximum absolute atomic E-state index is 12.9. The molecule has 1 saturated heterocycles. The number of anilines is 3. The van der Waals surface area contributed by atoms with Crippen LogP contribution < -0.4 is 15.5 Å². The van der Waals surface area contributed by atoms with Crippen molar-refractivity contribution >= 4 is 23.0 Å². The van der Waals surface area contributed by atoms with E-state index >= 15 is 0 Å². The van der Waals surface area contributed by atoms with Gasteiger partial charge in [0.05, 0.1) is 16.9 Å². The van der Waals surface area contributed by atoms with E-state index in [1.54, 1.807) is 19.2 Å². The van der Waals surface area contributed by atoms with Crippen molar-refractivity contribution in [2.24, 2.45) is 0 Å². The van der Waals surface area contributed by atoms with Crippen LogP contribution in [0.2, 0.25) is 0 Å². The van der Waals surface area contributed by atoms with Gasteiger partial charge in [-0.3, -0.25) is 4.79 Å². The summed E-state index contributed by atoms with van der Waals surface area (Å²) < 4.78 is 38.6. The molecule has 0 bridgehead atoms. The van der Waals surface area contributed by atoms with Crippen molar-refractivity contribution in [3.05, 3.63) is 53.6 Å². The van der Waals surface area contributed by atoms with Gasteiger partial charge in [-0.2, -0.15) is 13.2 Å². The van der Waals surface area contributed by atoms with Crippen molar-refractivity contribution in [1.82, 2.24) is 4.90 Å². The van der Waals surface area contributed by atoms with E-state index in [0.717, 1.165) is 49.7 Å². The Kier molecular flexibility index (Phi) is 5.79. The number of piperazine rings is 1. The summed E-state index contributed by atoms with van der Waals surface area (Å²) in [6.45, 7) is 3.75. The number of nitrogens with zero attached hydrogens (tertiary/aromatic N) is 2. The van der Waals surface area contributed by atoms with Crippen LogP contribution in [-0.4, -0.2) is 51.1 Å². The molecule has 2 aromatic carbocycles. The second kappa shape index (κ2) is 8.10. The lowest BCUT2D eigenvalue weighted by Gasteiger charge is -2.35. The molecule has 28 heavy (non-hydrogen) atoms. The molecule has 0 atom stereocenters. The van der Waals surface area contributed by atoms with E-state index < -0.39 is 17.6 Å². The Labute approximate surface area is 162 Å². The number of hydrogen-bond acceptors (Lipinski definition) is 4. The van der Waals surface area contributed by atoms with Crippen molar-refractivity contribution in [3.63, 3.8) is 0 Å². The molecule has 0 radical (unpaired) electrons. The van der Waals surface area contributed by atoms with E-state index in [-0.39, 0.29) is 5.56 Å². The topological polar surface area (TPSA) is 47.6 Å². The van der Waals surface area contributed by atoms with Gasteiger partial charge in [-0.05, 0) is 43.4 Å². The van der Waals surface area contributed by atoms with Gasteiger partial charge in [0.1, 0.15) is 0 Å². The highest BCUT2D eigenvalue weighted by atomic mass is 19.4. The zero-order chi connectivity index (χ0) is 20.3. The Morgan fingerprint density at radius 1 is 1.04 bits per heavy atom. The normalized spacial score (nSPS) is 15.4. The molecule has 1 heterocycles. The summed E-state index contributed by atoms with van der Waals surface area (Å²) >= 11 is 0. The van der Waals surface area contributed by atoms with Gasteiger partial charge in [0.15, 0.2) is 0 Å². The van der Waals surface area contributed by atoms with Gasteiger partial charge in [0.25, 0.3) is 5.91 Å². The molecule has 0 spiro atoms. The summed E-state index contributed by atoms with van der Waals surface area (Å²) in [5.74, 6) is -0.583. The molecule has 1 fully saturated rings. The number of amides is 1. The van der Waals surface area contributed by atoms with Crippen LogP contribution >= 0.6 is 0 Å². The minimum atomic E-state index is -4.49. The van der Waals surface area contributed by atoms with Gasteiger partial charge in [0, 0.05) is 44.5 Å². The number of likely N-dealkylation sites (N-methyl/N-ethyl adjacent to an activating group) is 1. The molecule has 150 valence electrons. The molecular formula is C20H23F3N4O. The first-order valence-electron chi connectivity index (χ1n) is 9.02. The molecule has 8 heteroatoms. The minimum Gasteiger partial charge on any atom is -0.386 e. The van der Waals surface area contributed by atoms with Crippen molar-refractivity contribution in [3.8, 4) is 0 Å². The van der Waals surface area contributed by atoms with Crippen LogP contribution in [-0.2, 0) is 6.18 Å². The average Bonchev–Trinajstić information content (AvgIpc) is 2.68. The van der Waals surface area contributed by atoms with Crippen LogP contribution in [0.3, 0.4) is 0 Å². The van der Waals surface area contributed by atoms with Crippen LogP contribution in [0.1, 0.15) is 15.9 Å². The Hall–Kier alpha value is -2.74. The van der Waals surface area contributed by atoms with Crippen LogP contribution in [0, 0.1) is 0 Å². The Bertz CT molecular complexity index is 846. The van der Waals surface area contributed by atoms with Gasteiger partial charge >= 0.3 is 6.18 Å². The summed E-state index contributed by atoms with van der Waals surface area (Å²) in [5, 5.41) is 5.81. The lowest BCUT2D eigenvalue weighted by Crippen LogP contribution is -2.44. The molecule has 0 aliphatic carbocycles. The standard InChI is InChI=1S/C20H23F3N4O/c1-24-17-13-16(6-7-18(17)27-10-8-26(2)9-11-27)25-19(28)14-4-3-5-15(12-14)20(21,22)23/h3-7,12-13,24H,8-11H2,1-2H3,(H,25,28). The van der Waals surface area contributed by atoms with Crippen molar-refractivity contribution in [1.29, 1.82) is 0 Å². The summed E-state index contributed by atoms with van der Waals surface area (Å²) in [6, 6.07) is 9.86. The monoisotopic (exact) mass is 392 g/mol. The van der Waals surface area contributed by atoms with Gasteiger partial charge < -0.3 is 20.4 Å². The molecule has 1 aliphatic heterocycles. The lowest BCUT2D eigenvalue weighted by molar-refractivity contribution is -0.137. The number of benzene rings is 2. The van der Waals surface area contributed by atoms with E-state index in [1.807, 2.05) is 6.07 Å². The number of carbonyl (C=O) groups excluding carboxylic acids is 1. The Morgan fingerprint density at radius 3 is 2.39 bits per heavy atom. The van der Waals surface area contributed by atoms with Crippen molar-refractivity contribution in [2.75, 3.05) is 55.8 Å². The predicted octanol–water partition coefficient (Wildman–Crippen LogP) is 3.75. The molecule has 1 amide bonds. The second-order valence-electron chi connectivity index (χ2n) is 6.80. The maximum Gasteiger partial charge on any atom is 0.416 e. The zero-order valence-corrected chi connectivity index (χ0v) is 15.8. The molecule has 2 aromatic rings. The lowest BCUT2D eigenvalue weighted by atomic mass is 10.1. The van der Waals surface area contributed by atoms with E-state index in [4.69, 9.17) is 0 Å². The fraction of sp³-hybridized carbons (Fsp3) is 0.350. The first kappa shape index (κ1) is 20.0. The molecular weight excluding hydrogens is 369 g/mol. The quantitative estimate of drug-likeness (QED) is 0.832. The fourth-order valence-electron chi connectivity index (χ4n) is 3.18. The molecule has 0 unspecified atom stereocenters. The highest BCUT2D eigenvalue weighted by Gasteiger charge is 2.31. The van der Waals surface area contributed by atoms with Gasteiger partial charge in [-0.1, -0.05) is 6.07 Å². The van der Waals surface area contributed by atoms with Gasteiger partial charge in [-0.15, -0.1) is 0 Å². The Balaban J connectivity index is 1.77. The third-order valence-electron chi connectivity index (χ3n) is 4.82. The number of carbonyl (C=O) groups is 1. The number of rotatable bonds is 4. The summed E-state index contributed by atoms with van der Waals surface area (Å²) in [5.41, 5.74) is 1.52. The van der Waals surface area contributed by atoms with E-state index in [0.29, 0.717) is 5.69 Å². The number of alkyl halides is 3. The first-order chi connectivity index (χ1) is 13.3. The molecule has 5 nitrogen and oxygen atoms in total. The summed E-state index contributed by atoms with van der Waals surface area (Å²) in [6.07, 6.45) is -4.49. The third-order valence-corrected chi connectivity index (χ3v) is 4.82. The van der Waals surface area contributed by atoms with Gasteiger partial charge in [-0.25, -0.2) is 0 Å². The largest absolute Gasteiger partial charge is 0.416 e. The average molecular weight is 392 g/mol. The molecule has 0 saturated carbocycles. The van der Waals surface area contributed by atoms with Crippen LogP contribution in [0.5, 0.6) is 0 Å². The smallest absolute Gasteiger partial charge is 0.386 e. The van der Waals surface area contributed by atoms with Crippen LogP contribution in [0.15, 0.2) is 42.5 Å². The molecule has 3 rings (SSSR count). The van der Waals surface area contributed by atoms with E-state index in [1.165, 1.54) is 12.1 Å². The molecule has 0 aromatic heterocycles. The number of hydrogen-bond donors (Lipinski definition) is 2. The maximum atomic E-state index is 12.9. The zero-order valence-electron chi connectivity index (χ0n) is 15.8. The SMILES string of the molecule is CNc1cc(NC(=O)c2cccc(C(F)(F)F)c2)ccc1N1CCN(C)CC1. The van der Waals surface area contributed by atoms with Crippen molar-refractivity contribution < 1.29 is 18.0 Å².